The van der Waals surface area contributed by atoms with Crippen molar-refractivity contribution in [3.05, 3.63) is 59.9 Å². The van der Waals surface area contributed by atoms with Gasteiger partial charge in [0.05, 0.1) is 18.2 Å². The summed E-state index contributed by atoms with van der Waals surface area (Å²) in [4.78, 5) is 1.23. The van der Waals surface area contributed by atoms with Crippen molar-refractivity contribution in [1.29, 1.82) is 5.26 Å². The molecule has 0 aliphatic carbocycles. The first kappa shape index (κ1) is 16.5. The topological polar surface area (TPSA) is 96.8 Å². The van der Waals surface area contributed by atoms with Crippen LogP contribution in [0.3, 0.4) is 0 Å². The Morgan fingerprint density at radius 3 is 2.76 bits per heavy atom. The molecular formula is C17H14FN5O2. The molecular weight excluding hydrogens is 325 g/mol. The number of tetrazole rings is 1. The van der Waals surface area contributed by atoms with Crippen LogP contribution in [-0.2, 0) is 6.54 Å². The van der Waals surface area contributed by atoms with Crippen molar-refractivity contribution >= 4 is 0 Å². The summed E-state index contributed by atoms with van der Waals surface area (Å²) in [7, 11) is 0. The van der Waals surface area contributed by atoms with Crippen LogP contribution in [-0.4, -0.2) is 38.0 Å². The first-order valence-corrected chi connectivity index (χ1v) is 7.49. The molecule has 0 aliphatic heterocycles. The third-order valence-electron chi connectivity index (χ3n) is 3.34. The van der Waals surface area contributed by atoms with Crippen LogP contribution in [0.25, 0.3) is 11.4 Å². The number of hydrogen-bond acceptors (Lipinski definition) is 6. The lowest BCUT2D eigenvalue weighted by atomic mass is 10.2. The van der Waals surface area contributed by atoms with Crippen LogP contribution in [0.4, 0.5) is 4.39 Å². The highest BCUT2D eigenvalue weighted by atomic mass is 19.1. The van der Waals surface area contributed by atoms with Crippen LogP contribution >= 0.6 is 0 Å². The number of aliphatic hydroxyl groups excluding tert-OH is 1. The summed E-state index contributed by atoms with van der Waals surface area (Å²) in [6.07, 6.45) is -0.856. The molecule has 126 valence electrons. The Morgan fingerprint density at radius 1 is 1.24 bits per heavy atom. The molecule has 1 unspecified atom stereocenters. The average Bonchev–Trinajstić information content (AvgIpc) is 3.09. The maximum absolute atomic E-state index is 13.2. The zero-order chi connectivity index (χ0) is 17.6. The quantitative estimate of drug-likeness (QED) is 0.735. The van der Waals surface area contributed by atoms with Crippen LogP contribution in [0, 0.1) is 17.1 Å². The summed E-state index contributed by atoms with van der Waals surface area (Å²) in [5.41, 5.74) is 1.04. The Kier molecular flexibility index (Phi) is 4.97. The van der Waals surface area contributed by atoms with E-state index >= 15 is 0 Å². The Hall–Kier alpha value is -3.31. The maximum atomic E-state index is 13.2. The van der Waals surface area contributed by atoms with Crippen LogP contribution in [0.2, 0.25) is 0 Å². The number of nitriles is 1. The van der Waals surface area contributed by atoms with Crippen molar-refractivity contribution in [3.8, 4) is 23.2 Å². The smallest absolute Gasteiger partial charge is 0.205 e. The number of nitrogens with zero attached hydrogens (tertiary/aromatic N) is 5. The molecule has 7 nitrogen and oxygen atoms in total. The van der Waals surface area contributed by atoms with Crippen molar-refractivity contribution in [3.63, 3.8) is 0 Å². The molecule has 3 rings (SSSR count). The lowest BCUT2D eigenvalue weighted by Crippen LogP contribution is -2.24. The molecule has 0 fully saturated rings. The normalized spacial score (nSPS) is 11.7. The van der Waals surface area contributed by atoms with Gasteiger partial charge in [-0.2, -0.15) is 10.1 Å². The van der Waals surface area contributed by atoms with E-state index in [4.69, 9.17) is 10.00 Å². The van der Waals surface area contributed by atoms with E-state index in [1.54, 1.807) is 36.4 Å². The standard InChI is InChI=1S/C17H14FN5O2/c18-14-3-1-2-13(8-14)17-20-22-23(21-17)10-15(24)11-25-16-6-4-12(9-19)5-7-16/h1-8,15,24H,10-11H2. The van der Waals surface area contributed by atoms with Crippen LogP contribution in [0.5, 0.6) is 5.75 Å². The number of halogens is 1. The maximum Gasteiger partial charge on any atom is 0.205 e. The molecule has 1 aromatic heterocycles. The Balaban J connectivity index is 1.56. The Morgan fingerprint density at radius 2 is 2.04 bits per heavy atom. The van der Waals surface area contributed by atoms with Gasteiger partial charge in [-0.3, -0.25) is 0 Å². The summed E-state index contributed by atoms with van der Waals surface area (Å²) in [6, 6.07) is 14.5. The predicted octanol–water partition coefficient (Wildman–Crippen LogP) is 1.79. The number of aliphatic hydroxyl groups is 1. The predicted molar refractivity (Wildman–Crippen MR) is 85.9 cm³/mol. The first-order valence-electron chi connectivity index (χ1n) is 7.49. The first-order chi connectivity index (χ1) is 12.1. The second kappa shape index (κ2) is 7.51. The molecule has 0 saturated heterocycles. The van der Waals surface area contributed by atoms with Gasteiger partial charge < -0.3 is 9.84 Å². The molecule has 0 bridgehead atoms. The minimum absolute atomic E-state index is 0.0305. The van der Waals surface area contributed by atoms with E-state index in [-0.39, 0.29) is 24.8 Å². The van der Waals surface area contributed by atoms with E-state index in [1.807, 2.05) is 6.07 Å². The molecule has 0 radical (unpaired) electrons. The van der Waals surface area contributed by atoms with Crippen molar-refractivity contribution in [2.75, 3.05) is 6.61 Å². The van der Waals surface area contributed by atoms with Gasteiger partial charge in [0.25, 0.3) is 0 Å². The monoisotopic (exact) mass is 339 g/mol. The van der Waals surface area contributed by atoms with Gasteiger partial charge in [-0.15, -0.1) is 10.2 Å². The minimum atomic E-state index is -0.856. The van der Waals surface area contributed by atoms with Gasteiger partial charge in [-0.05, 0) is 41.6 Å². The van der Waals surface area contributed by atoms with Crippen molar-refractivity contribution in [2.24, 2.45) is 0 Å². The SMILES string of the molecule is N#Cc1ccc(OCC(O)Cn2nnc(-c3cccc(F)c3)n2)cc1. The fourth-order valence-corrected chi connectivity index (χ4v) is 2.12. The summed E-state index contributed by atoms with van der Waals surface area (Å²) in [5, 5.41) is 30.6. The van der Waals surface area contributed by atoms with Crippen molar-refractivity contribution < 1.29 is 14.2 Å². The fraction of sp³-hybridized carbons (Fsp3) is 0.176. The molecule has 0 spiro atoms. The third-order valence-corrected chi connectivity index (χ3v) is 3.34. The number of aromatic nitrogens is 4. The molecule has 2 aromatic carbocycles. The highest BCUT2D eigenvalue weighted by Gasteiger charge is 2.11. The lowest BCUT2D eigenvalue weighted by molar-refractivity contribution is 0.0850. The molecule has 0 amide bonds. The van der Waals surface area contributed by atoms with E-state index in [0.717, 1.165) is 0 Å². The van der Waals surface area contributed by atoms with E-state index in [2.05, 4.69) is 15.4 Å². The molecule has 3 aromatic rings. The molecule has 0 aliphatic rings. The van der Waals surface area contributed by atoms with Gasteiger partial charge in [-0.25, -0.2) is 4.39 Å². The second-order valence-electron chi connectivity index (χ2n) is 5.28. The number of hydrogen-bond donors (Lipinski definition) is 1. The van der Waals surface area contributed by atoms with Crippen LogP contribution in [0.15, 0.2) is 48.5 Å². The number of benzene rings is 2. The van der Waals surface area contributed by atoms with E-state index in [9.17, 15) is 9.50 Å². The molecule has 1 heterocycles. The zero-order valence-corrected chi connectivity index (χ0v) is 13.1. The van der Waals surface area contributed by atoms with Gasteiger partial charge in [0.1, 0.15) is 24.3 Å². The average molecular weight is 339 g/mol. The summed E-state index contributed by atoms with van der Waals surface area (Å²) < 4.78 is 18.7. The molecule has 25 heavy (non-hydrogen) atoms. The highest BCUT2D eigenvalue weighted by molar-refractivity contribution is 5.53. The largest absolute Gasteiger partial charge is 0.491 e. The summed E-state index contributed by atoms with van der Waals surface area (Å²) in [6.45, 7) is 0.112. The third kappa shape index (κ3) is 4.37. The van der Waals surface area contributed by atoms with Crippen molar-refractivity contribution in [1.82, 2.24) is 20.2 Å². The molecule has 8 heteroatoms. The molecule has 0 saturated carbocycles. The highest BCUT2D eigenvalue weighted by Crippen LogP contribution is 2.15. The van der Waals surface area contributed by atoms with E-state index in [1.165, 1.54) is 16.9 Å². The van der Waals surface area contributed by atoms with E-state index in [0.29, 0.717) is 16.9 Å². The van der Waals surface area contributed by atoms with Gasteiger partial charge >= 0.3 is 0 Å². The second-order valence-corrected chi connectivity index (χ2v) is 5.28. The lowest BCUT2D eigenvalue weighted by Gasteiger charge is -2.11. The van der Waals surface area contributed by atoms with Crippen LogP contribution < -0.4 is 4.74 Å². The fourth-order valence-electron chi connectivity index (χ4n) is 2.12. The Labute approximate surface area is 142 Å². The van der Waals surface area contributed by atoms with Crippen LogP contribution in [0.1, 0.15) is 5.56 Å². The zero-order valence-electron chi connectivity index (χ0n) is 13.1. The van der Waals surface area contributed by atoms with Gasteiger partial charge in [0, 0.05) is 5.56 Å². The minimum Gasteiger partial charge on any atom is -0.491 e. The van der Waals surface area contributed by atoms with Gasteiger partial charge in [-0.1, -0.05) is 12.1 Å². The summed E-state index contributed by atoms with van der Waals surface area (Å²) in [5.74, 6) is 0.439. The van der Waals surface area contributed by atoms with E-state index < -0.39 is 6.10 Å². The molecule has 1 N–H and O–H groups in total. The van der Waals surface area contributed by atoms with Gasteiger partial charge in [0.2, 0.25) is 5.82 Å². The van der Waals surface area contributed by atoms with Crippen molar-refractivity contribution in [2.45, 2.75) is 12.6 Å². The Bertz CT molecular complexity index is 889. The number of ether oxygens (including phenoxy) is 1. The number of rotatable bonds is 6. The van der Waals surface area contributed by atoms with Gasteiger partial charge in [0.15, 0.2) is 0 Å². The molecule has 1 atom stereocenters. The summed E-state index contributed by atoms with van der Waals surface area (Å²) >= 11 is 0.